The molecular formula is C14H14BrNO. The standard InChI is InChI=1S/C14H14BrNO/c1-9-4-5-13(7-10(9)2)17-14-11(3)6-12(15)8-16-14/h4-8H,1-3H3. The van der Waals surface area contributed by atoms with Crippen molar-refractivity contribution < 1.29 is 4.74 Å². The minimum absolute atomic E-state index is 0.649. The summed E-state index contributed by atoms with van der Waals surface area (Å²) in [5.74, 6) is 1.47. The van der Waals surface area contributed by atoms with Gasteiger partial charge in [0.1, 0.15) is 5.75 Å². The fourth-order valence-corrected chi connectivity index (χ4v) is 1.97. The first kappa shape index (κ1) is 12.1. The molecule has 0 saturated carbocycles. The van der Waals surface area contributed by atoms with E-state index in [1.54, 1.807) is 6.20 Å². The van der Waals surface area contributed by atoms with Crippen molar-refractivity contribution in [3.63, 3.8) is 0 Å². The molecule has 0 amide bonds. The van der Waals surface area contributed by atoms with Crippen molar-refractivity contribution in [3.8, 4) is 11.6 Å². The number of halogens is 1. The highest BCUT2D eigenvalue weighted by molar-refractivity contribution is 9.10. The summed E-state index contributed by atoms with van der Waals surface area (Å²) in [6, 6.07) is 8.03. The van der Waals surface area contributed by atoms with Gasteiger partial charge in [0, 0.05) is 16.2 Å². The number of pyridine rings is 1. The third kappa shape index (κ3) is 2.86. The largest absolute Gasteiger partial charge is 0.439 e. The fourth-order valence-electron chi connectivity index (χ4n) is 1.52. The summed E-state index contributed by atoms with van der Waals surface area (Å²) in [7, 11) is 0. The molecule has 1 heterocycles. The lowest BCUT2D eigenvalue weighted by Gasteiger charge is -2.09. The molecule has 3 heteroatoms. The van der Waals surface area contributed by atoms with Crippen molar-refractivity contribution in [2.24, 2.45) is 0 Å². The van der Waals surface area contributed by atoms with Gasteiger partial charge in [-0.2, -0.15) is 0 Å². The number of rotatable bonds is 2. The van der Waals surface area contributed by atoms with E-state index in [-0.39, 0.29) is 0 Å². The predicted molar refractivity (Wildman–Crippen MR) is 72.7 cm³/mol. The smallest absolute Gasteiger partial charge is 0.222 e. The van der Waals surface area contributed by atoms with Crippen LogP contribution in [0.1, 0.15) is 16.7 Å². The van der Waals surface area contributed by atoms with Crippen LogP contribution in [0.3, 0.4) is 0 Å². The van der Waals surface area contributed by atoms with Gasteiger partial charge in [0.25, 0.3) is 0 Å². The van der Waals surface area contributed by atoms with E-state index < -0.39 is 0 Å². The molecule has 88 valence electrons. The summed E-state index contributed by atoms with van der Waals surface area (Å²) >= 11 is 3.38. The Morgan fingerprint density at radius 2 is 1.76 bits per heavy atom. The number of aryl methyl sites for hydroxylation is 3. The van der Waals surface area contributed by atoms with Gasteiger partial charge >= 0.3 is 0 Å². The summed E-state index contributed by atoms with van der Waals surface area (Å²) in [5, 5.41) is 0. The Labute approximate surface area is 110 Å². The summed E-state index contributed by atoms with van der Waals surface area (Å²) in [4.78, 5) is 4.26. The van der Waals surface area contributed by atoms with Gasteiger partial charge in [-0.1, -0.05) is 6.07 Å². The molecule has 2 nitrogen and oxygen atoms in total. The lowest BCUT2D eigenvalue weighted by Crippen LogP contribution is -1.92. The molecule has 2 aromatic rings. The molecule has 0 fully saturated rings. The van der Waals surface area contributed by atoms with Crippen molar-refractivity contribution in [1.82, 2.24) is 4.98 Å². The van der Waals surface area contributed by atoms with Gasteiger partial charge in [0.05, 0.1) is 0 Å². The van der Waals surface area contributed by atoms with Crippen LogP contribution < -0.4 is 4.74 Å². The third-order valence-corrected chi connectivity index (χ3v) is 3.12. The predicted octanol–water partition coefficient (Wildman–Crippen LogP) is 4.56. The molecule has 0 aliphatic carbocycles. The SMILES string of the molecule is Cc1ccc(Oc2ncc(Br)cc2C)cc1C. The molecule has 0 spiro atoms. The zero-order valence-corrected chi connectivity index (χ0v) is 11.7. The number of hydrogen-bond acceptors (Lipinski definition) is 2. The Balaban J connectivity index is 2.28. The minimum atomic E-state index is 0.649. The molecular weight excluding hydrogens is 278 g/mol. The first-order valence-electron chi connectivity index (χ1n) is 5.43. The molecule has 0 aliphatic rings. The lowest BCUT2D eigenvalue weighted by molar-refractivity contribution is 0.458. The Bertz CT molecular complexity index is 552. The second-order valence-electron chi connectivity index (χ2n) is 4.12. The number of aromatic nitrogens is 1. The molecule has 0 radical (unpaired) electrons. The number of nitrogens with zero attached hydrogens (tertiary/aromatic N) is 1. The number of benzene rings is 1. The fraction of sp³-hybridized carbons (Fsp3) is 0.214. The van der Waals surface area contributed by atoms with Crippen LogP contribution in [-0.2, 0) is 0 Å². The van der Waals surface area contributed by atoms with Crippen molar-refractivity contribution >= 4 is 15.9 Å². The lowest BCUT2D eigenvalue weighted by atomic mass is 10.1. The Hall–Kier alpha value is -1.35. The third-order valence-electron chi connectivity index (χ3n) is 2.69. The molecule has 1 aromatic heterocycles. The van der Waals surface area contributed by atoms with Gasteiger partial charge < -0.3 is 4.74 Å². The summed E-state index contributed by atoms with van der Waals surface area (Å²) in [5.41, 5.74) is 3.49. The number of hydrogen-bond donors (Lipinski definition) is 0. The molecule has 17 heavy (non-hydrogen) atoms. The van der Waals surface area contributed by atoms with Gasteiger partial charge in [-0.15, -0.1) is 0 Å². The Morgan fingerprint density at radius 1 is 1.00 bits per heavy atom. The van der Waals surface area contributed by atoms with Gasteiger partial charge in [-0.05, 0) is 66.0 Å². The molecule has 0 bridgehead atoms. The van der Waals surface area contributed by atoms with Crippen molar-refractivity contribution in [2.75, 3.05) is 0 Å². The topological polar surface area (TPSA) is 22.1 Å². The van der Waals surface area contributed by atoms with Gasteiger partial charge in [-0.25, -0.2) is 4.98 Å². The Morgan fingerprint density at radius 3 is 2.41 bits per heavy atom. The summed E-state index contributed by atoms with van der Waals surface area (Å²) < 4.78 is 6.73. The van der Waals surface area contributed by atoms with E-state index in [1.165, 1.54) is 11.1 Å². The molecule has 2 rings (SSSR count). The second kappa shape index (κ2) is 4.88. The summed E-state index contributed by atoms with van der Waals surface area (Å²) in [6.45, 7) is 6.14. The molecule has 0 N–H and O–H groups in total. The highest BCUT2D eigenvalue weighted by atomic mass is 79.9. The van der Waals surface area contributed by atoms with E-state index in [2.05, 4.69) is 40.8 Å². The summed E-state index contributed by atoms with van der Waals surface area (Å²) in [6.07, 6.45) is 1.74. The van der Waals surface area contributed by atoms with E-state index in [1.807, 2.05) is 25.1 Å². The average molecular weight is 292 g/mol. The molecule has 0 saturated heterocycles. The minimum Gasteiger partial charge on any atom is -0.439 e. The van der Waals surface area contributed by atoms with E-state index in [0.29, 0.717) is 5.88 Å². The van der Waals surface area contributed by atoms with Crippen LogP contribution in [0.15, 0.2) is 34.9 Å². The Kier molecular flexibility index (Phi) is 3.48. The zero-order valence-electron chi connectivity index (χ0n) is 10.1. The molecule has 1 aromatic carbocycles. The van der Waals surface area contributed by atoms with Crippen LogP contribution >= 0.6 is 15.9 Å². The normalized spacial score (nSPS) is 10.4. The quantitative estimate of drug-likeness (QED) is 0.809. The van der Waals surface area contributed by atoms with Crippen LogP contribution in [-0.4, -0.2) is 4.98 Å². The maximum atomic E-state index is 5.77. The number of ether oxygens (including phenoxy) is 1. The van der Waals surface area contributed by atoms with Gasteiger partial charge in [0.15, 0.2) is 0 Å². The first-order valence-corrected chi connectivity index (χ1v) is 6.23. The van der Waals surface area contributed by atoms with Crippen LogP contribution in [0.25, 0.3) is 0 Å². The highest BCUT2D eigenvalue weighted by Gasteiger charge is 2.04. The van der Waals surface area contributed by atoms with Gasteiger partial charge in [-0.3, -0.25) is 0 Å². The van der Waals surface area contributed by atoms with Crippen molar-refractivity contribution in [1.29, 1.82) is 0 Å². The maximum absolute atomic E-state index is 5.77. The van der Waals surface area contributed by atoms with E-state index in [9.17, 15) is 0 Å². The van der Waals surface area contributed by atoms with E-state index >= 15 is 0 Å². The highest BCUT2D eigenvalue weighted by Crippen LogP contribution is 2.26. The van der Waals surface area contributed by atoms with Crippen molar-refractivity contribution in [3.05, 3.63) is 51.6 Å². The molecule has 0 unspecified atom stereocenters. The second-order valence-corrected chi connectivity index (χ2v) is 5.04. The molecule has 0 atom stereocenters. The maximum Gasteiger partial charge on any atom is 0.222 e. The van der Waals surface area contributed by atoms with Gasteiger partial charge in [0.2, 0.25) is 5.88 Å². The van der Waals surface area contributed by atoms with Crippen LogP contribution in [0.4, 0.5) is 0 Å². The average Bonchev–Trinajstić information content (AvgIpc) is 2.27. The van der Waals surface area contributed by atoms with Crippen LogP contribution in [0.5, 0.6) is 11.6 Å². The van der Waals surface area contributed by atoms with E-state index in [0.717, 1.165) is 15.8 Å². The van der Waals surface area contributed by atoms with Crippen LogP contribution in [0.2, 0.25) is 0 Å². The van der Waals surface area contributed by atoms with Crippen molar-refractivity contribution in [2.45, 2.75) is 20.8 Å². The van der Waals surface area contributed by atoms with Crippen LogP contribution in [0, 0.1) is 20.8 Å². The first-order chi connectivity index (χ1) is 8.06. The van der Waals surface area contributed by atoms with E-state index in [4.69, 9.17) is 4.74 Å². The monoisotopic (exact) mass is 291 g/mol. The zero-order chi connectivity index (χ0) is 12.4. The molecule has 0 aliphatic heterocycles.